The van der Waals surface area contributed by atoms with Crippen molar-refractivity contribution in [1.82, 2.24) is 4.90 Å². The molecule has 45 heavy (non-hydrogen) atoms. The number of rotatable bonds is 35. The maximum absolute atomic E-state index is 6.00. The van der Waals surface area contributed by atoms with Gasteiger partial charge in [0.15, 0.2) is 0 Å². The highest BCUT2D eigenvalue weighted by Crippen LogP contribution is 2.17. The summed E-state index contributed by atoms with van der Waals surface area (Å²) in [6, 6.07) is 0. The largest absolute Gasteiger partial charge is 0.393 e. The third kappa shape index (κ3) is 38.5. The van der Waals surface area contributed by atoms with Gasteiger partial charge in [0, 0.05) is 12.8 Å². The van der Waals surface area contributed by atoms with Crippen LogP contribution in [0.3, 0.4) is 0 Å². The van der Waals surface area contributed by atoms with Crippen molar-refractivity contribution in [3.8, 4) is 0 Å². The molecule has 0 aromatic heterocycles. The van der Waals surface area contributed by atoms with E-state index < -0.39 is 0 Å². The van der Waals surface area contributed by atoms with E-state index in [4.69, 9.17) is 4.84 Å². The third-order valence-electron chi connectivity index (χ3n) is 8.44. The summed E-state index contributed by atoms with van der Waals surface area (Å²) in [4.78, 5) is 8.19. The number of oxime groups is 1. The van der Waals surface area contributed by atoms with Gasteiger partial charge in [-0.1, -0.05) is 145 Å². The first-order valence-corrected chi connectivity index (χ1v) is 19.6. The number of allylic oxidation sites excluding steroid dienone is 8. The topological polar surface area (TPSA) is 24.8 Å². The average Bonchev–Trinajstić information content (AvgIpc) is 3.03. The molecule has 0 rings (SSSR count). The van der Waals surface area contributed by atoms with Crippen molar-refractivity contribution in [2.24, 2.45) is 5.16 Å². The van der Waals surface area contributed by atoms with Crippen molar-refractivity contribution >= 4 is 6.21 Å². The molecule has 0 radical (unpaired) electrons. The Morgan fingerprint density at radius 1 is 0.467 bits per heavy atom. The summed E-state index contributed by atoms with van der Waals surface area (Å²) in [5.74, 6) is 0. The Morgan fingerprint density at radius 3 is 1.24 bits per heavy atom. The lowest BCUT2D eigenvalue weighted by molar-refractivity contribution is 0.0436. The highest BCUT2D eigenvalue weighted by molar-refractivity contribution is 5.56. The first kappa shape index (κ1) is 43.4. The first-order valence-electron chi connectivity index (χ1n) is 19.6. The SMILES string of the molecule is CCCCCC=CCC=CCCCCCCCCC(CCCCCCCCC=CCC=CCCCCC)ON=CCCN(C)C. The Bertz CT molecular complexity index is 657. The molecule has 0 aliphatic carbocycles. The van der Waals surface area contributed by atoms with E-state index in [1.54, 1.807) is 0 Å². The molecule has 0 aliphatic rings. The summed E-state index contributed by atoms with van der Waals surface area (Å²) in [7, 11) is 4.21. The minimum atomic E-state index is 0.289. The molecule has 0 N–H and O–H groups in total. The second-order valence-electron chi connectivity index (χ2n) is 13.4. The summed E-state index contributed by atoms with van der Waals surface area (Å²) in [6.45, 7) is 5.56. The molecule has 0 saturated carbocycles. The van der Waals surface area contributed by atoms with Crippen LogP contribution in [0.4, 0.5) is 0 Å². The molecule has 0 atom stereocenters. The molecule has 0 saturated heterocycles. The van der Waals surface area contributed by atoms with E-state index in [1.165, 1.54) is 141 Å². The molecule has 0 aliphatic heterocycles. The number of unbranched alkanes of at least 4 members (excludes halogenated alkanes) is 18. The molecule has 0 spiro atoms. The maximum atomic E-state index is 6.00. The number of hydrogen-bond donors (Lipinski definition) is 0. The van der Waals surface area contributed by atoms with Gasteiger partial charge in [0.25, 0.3) is 0 Å². The second kappa shape index (κ2) is 38.6. The molecule has 3 heteroatoms. The number of hydrogen-bond acceptors (Lipinski definition) is 3. The Morgan fingerprint density at radius 2 is 0.844 bits per heavy atom. The van der Waals surface area contributed by atoms with Crippen LogP contribution in [0.1, 0.15) is 187 Å². The van der Waals surface area contributed by atoms with Crippen molar-refractivity contribution in [2.45, 2.75) is 193 Å². The lowest BCUT2D eigenvalue weighted by Gasteiger charge is -2.15. The van der Waals surface area contributed by atoms with Crippen LogP contribution in [0, 0.1) is 0 Å². The molecular formula is C42H78N2O. The fourth-order valence-corrected chi connectivity index (χ4v) is 5.47. The van der Waals surface area contributed by atoms with Gasteiger partial charge >= 0.3 is 0 Å². The standard InChI is InChI=1S/C42H78N2O/c1-5-7-9-11-13-15-17-19-21-23-25-27-29-31-33-35-38-42(45-43-40-37-41-44(3)4)39-36-34-32-30-28-26-24-22-20-18-16-14-12-10-8-6-2/h13-16,19-22,40,42H,5-12,17-18,23-39,41H2,1-4H3. The van der Waals surface area contributed by atoms with Gasteiger partial charge in [-0.3, -0.25) is 0 Å². The zero-order valence-corrected chi connectivity index (χ0v) is 30.9. The van der Waals surface area contributed by atoms with E-state index in [1.807, 2.05) is 6.21 Å². The highest BCUT2D eigenvalue weighted by atomic mass is 16.6. The van der Waals surface area contributed by atoms with E-state index in [9.17, 15) is 0 Å². The highest BCUT2D eigenvalue weighted by Gasteiger charge is 2.09. The van der Waals surface area contributed by atoms with Crippen LogP contribution in [0.2, 0.25) is 0 Å². The summed E-state index contributed by atoms with van der Waals surface area (Å²) in [5, 5.41) is 4.35. The first-order chi connectivity index (χ1) is 22.2. The predicted molar refractivity (Wildman–Crippen MR) is 204 cm³/mol. The summed E-state index contributed by atoms with van der Waals surface area (Å²) < 4.78 is 0. The molecule has 0 fully saturated rings. The molecule has 0 bridgehead atoms. The fourth-order valence-electron chi connectivity index (χ4n) is 5.47. The normalized spacial score (nSPS) is 13.3. The summed E-state index contributed by atoms with van der Waals surface area (Å²) in [6.07, 6.45) is 55.5. The predicted octanol–water partition coefficient (Wildman–Crippen LogP) is 13.7. The lowest BCUT2D eigenvalue weighted by atomic mass is 10.0. The molecule has 0 unspecified atom stereocenters. The second-order valence-corrected chi connectivity index (χ2v) is 13.4. The van der Waals surface area contributed by atoms with Crippen LogP contribution in [-0.4, -0.2) is 37.9 Å². The van der Waals surface area contributed by atoms with Gasteiger partial charge in [0.1, 0.15) is 6.10 Å². The Hall–Kier alpha value is -1.61. The van der Waals surface area contributed by atoms with Gasteiger partial charge in [-0.15, -0.1) is 0 Å². The molecule has 262 valence electrons. The van der Waals surface area contributed by atoms with Crippen LogP contribution in [0.5, 0.6) is 0 Å². The summed E-state index contributed by atoms with van der Waals surface area (Å²) in [5.41, 5.74) is 0. The Balaban J connectivity index is 3.92. The molecular weight excluding hydrogens is 548 g/mol. The molecule has 0 amide bonds. The van der Waals surface area contributed by atoms with Gasteiger partial charge in [-0.05, 0) is 110 Å². The van der Waals surface area contributed by atoms with Gasteiger partial charge in [0.2, 0.25) is 0 Å². The van der Waals surface area contributed by atoms with Crippen molar-refractivity contribution in [1.29, 1.82) is 0 Å². The zero-order valence-electron chi connectivity index (χ0n) is 30.9. The Kier molecular flexibility index (Phi) is 37.2. The van der Waals surface area contributed by atoms with Gasteiger partial charge in [-0.25, -0.2) is 0 Å². The van der Waals surface area contributed by atoms with Crippen LogP contribution >= 0.6 is 0 Å². The van der Waals surface area contributed by atoms with E-state index in [0.29, 0.717) is 0 Å². The van der Waals surface area contributed by atoms with Gasteiger partial charge in [0.05, 0.1) is 0 Å². The van der Waals surface area contributed by atoms with Crippen LogP contribution in [0.15, 0.2) is 53.8 Å². The maximum Gasteiger partial charge on any atom is 0.127 e. The minimum Gasteiger partial charge on any atom is -0.393 e. The monoisotopic (exact) mass is 627 g/mol. The average molecular weight is 627 g/mol. The van der Waals surface area contributed by atoms with Crippen molar-refractivity contribution in [2.75, 3.05) is 20.6 Å². The third-order valence-corrected chi connectivity index (χ3v) is 8.44. The van der Waals surface area contributed by atoms with Crippen LogP contribution < -0.4 is 0 Å². The van der Waals surface area contributed by atoms with E-state index in [-0.39, 0.29) is 6.10 Å². The lowest BCUT2D eigenvalue weighted by Crippen LogP contribution is -2.13. The van der Waals surface area contributed by atoms with Gasteiger partial charge in [-0.2, -0.15) is 0 Å². The van der Waals surface area contributed by atoms with Crippen molar-refractivity contribution in [3.63, 3.8) is 0 Å². The quantitative estimate of drug-likeness (QED) is 0.0302. The number of nitrogens with zero attached hydrogens (tertiary/aromatic N) is 2. The Labute approximate surface area is 283 Å². The zero-order chi connectivity index (χ0) is 32.7. The summed E-state index contributed by atoms with van der Waals surface area (Å²) >= 11 is 0. The molecule has 0 aromatic rings. The molecule has 3 nitrogen and oxygen atoms in total. The molecule has 0 heterocycles. The van der Waals surface area contributed by atoms with Crippen molar-refractivity contribution in [3.05, 3.63) is 48.6 Å². The van der Waals surface area contributed by atoms with E-state index in [0.717, 1.165) is 38.6 Å². The smallest absolute Gasteiger partial charge is 0.127 e. The van der Waals surface area contributed by atoms with E-state index in [2.05, 4.69) is 86.6 Å². The minimum absolute atomic E-state index is 0.289. The molecule has 0 aromatic carbocycles. The van der Waals surface area contributed by atoms with Gasteiger partial charge < -0.3 is 9.74 Å². The van der Waals surface area contributed by atoms with Crippen molar-refractivity contribution < 1.29 is 4.84 Å². The van der Waals surface area contributed by atoms with Crippen LogP contribution in [-0.2, 0) is 4.84 Å². The van der Waals surface area contributed by atoms with E-state index >= 15 is 0 Å². The van der Waals surface area contributed by atoms with Crippen LogP contribution in [0.25, 0.3) is 0 Å². The fraction of sp³-hybridized carbons (Fsp3) is 0.786.